The van der Waals surface area contributed by atoms with Gasteiger partial charge in [0.2, 0.25) is 0 Å². The first kappa shape index (κ1) is 10.2. The van der Waals surface area contributed by atoms with E-state index < -0.39 is 0 Å². The van der Waals surface area contributed by atoms with Gasteiger partial charge < -0.3 is 5.32 Å². The minimum Gasteiger partial charge on any atom is -0.316 e. The quantitative estimate of drug-likeness (QED) is 0.811. The third-order valence-corrected chi connectivity index (χ3v) is 3.98. The highest BCUT2D eigenvalue weighted by molar-refractivity contribution is 9.10. The summed E-state index contributed by atoms with van der Waals surface area (Å²) in [4.78, 5) is 0. The van der Waals surface area contributed by atoms with Crippen LogP contribution in [0.25, 0.3) is 0 Å². The van der Waals surface area contributed by atoms with E-state index in [1.54, 1.807) is 0 Å². The summed E-state index contributed by atoms with van der Waals surface area (Å²) < 4.78 is 1.25. The van der Waals surface area contributed by atoms with Gasteiger partial charge in [-0.05, 0) is 55.5 Å². The van der Waals surface area contributed by atoms with E-state index in [2.05, 4.69) is 47.2 Å². The SMILES string of the molecule is Cc1cc(C2CCNC2)cc(Br)c1C. The molecular weight excluding hydrogens is 238 g/mol. The van der Waals surface area contributed by atoms with Gasteiger partial charge in [-0.25, -0.2) is 0 Å². The van der Waals surface area contributed by atoms with Gasteiger partial charge >= 0.3 is 0 Å². The van der Waals surface area contributed by atoms with Gasteiger partial charge in [0, 0.05) is 11.0 Å². The first-order valence-electron chi connectivity index (χ1n) is 5.16. The van der Waals surface area contributed by atoms with Gasteiger partial charge in [-0.15, -0.1) is 0 Å². The molecule has 0 spiro atoms. The van der Waals surface area contributed by atoms with Crippen LogP contribution < -0.4 is 5.32 Å². The second-order valence-electron chi connectivity index (χ2n) is 4.13. The van der Waals surface area contributed by atoms with Gasteiger partial charge in [0.15, 0.2) is 0 Å². The Kier molecular flexibility index (Phi) is 2.93. The van der Waals surface area contributed by atoms with E-state index in [4.69, 9.17) is 0 Å². The van der Waals surface area contributed by atoms with Crippen LogP contribution in [0.5, 0.6) is 0 Å². The molecule has 1 fully saturated rings. The van der Waals surface area contributed by atoms with Crippen molar-refractivity contribution >= 4 is 15.9 Å². The molecule has 1 atom stereocenters. The van der Waals surface area contributed by atoms with Crippen molar-refractivity contribution in [2.45, 2.75) is 26.2 Å². The minimum atomic E-state index is 0.714. The first-order chi connectivity index (χ1) is 6.68. The Morgan fingerprint density at radius 3 is 2.71 bits per heavy atom. The molecule has 1 saturated heterocycles. The monoisotopic (exact) mass is 253 g/mol. The summed E-state index contributed by atoms with van der Waals surface area (Å²) in [5.74, 6) is 0.714. The molecule has 1 heterocycles. The summed E-state index contributed by atoms with van der Waals surface area (Å²) in [5.41, 5.74) is 4.23. The van der Waals surface area contributed by atoms with Crippen molar-refractivity contribution in [1.29, 1.82) is 0 Å². The minimum absolute atomic E-state index is 0.714. The van der Waals surface area contributed by atoms with Gasteiger partial charge in [0.25, 0.3) is 0 Å². The lowest BCUT2D eigenvalue weighted by Crippen LogP contribution is -2.08. The average Bonchev–Trinajstić information content (AvgIpc) is 2.66. The maximum atomic E-state index is 3.62. The highest BCUT2D eigenvalue weighted by Crippen LogP contribution is 2.28. The zero-order chi connectivity index (χ0) is 10.1. The van der Waals surface area contributed by atoms with Crippen molar-refractivity contribution < 1.29 is 0 Å². The van der Waals surface area contributed by atoms with E-state index in [-0.39, 0.29) is 0 Å². The van der Waals surface area contributed by atoms with Crippen LogP contribution in [0.2, 0.25) is 0 Å². The summed E-state index contributed by atoms with van der Waals surface area (Å²) in [6.45, 7) is 6.65. The molecule has 1 N–H and O–H groups in total. The second kappa shape index (κ2) is 4.03. The fourth-order valence-electron chi connectivity index (χ4n) is 2.02. The first-order valence-corrected chi connectivity index (χ1v) is 5.95. The van der Waals surface area contributed by atoms with Gasteiger partial charge in [0.05, 0.1) is 0 Å². The predicted molar refractivity (Wildman–Crippen MR) is 63.8 cm³/mol. The van der Waals surface area contributed by atoms with Crippen LogP contribution in [0, 0.1) is 13.8 Å². The number of nitrogens with one attached hydrogen (secondary N) is 1. The smallest absolute Gasteiger partial charge is 0.0209 e. The Morgan fingerprint density at radius 2 is 2.14 bits per heavy atom. The van der Waals surface area contributed by atoms with Crippen molar-refractivity contribution in [2.75, 3.05) is 13.1 Å². The molecule has 0 amide bonds. The lowest BCUT2D eigenvalue weighted by atomic mass is 9.95. The zero-order valence-corrected chi connectivity index (χ0v) is 10.3. The Hall–Kier alpha value is -0.340. The zero-order valence-electron chi connectivity index (χ0n) is 8.73. The third kappa shape index (κ3) is 1.86. The molecule has 2 rings (SSSR count). The van der Waals surface area contributed by atoms with Crippen LogP contribution >= 0.6 is 15.9 Å². The fourth-order valence-corrected chi connectivity index (χ4v) is 2.59. The van der Waals surface area contributed by atoms with Crippen LogP contribution in [0.1, 0.15) is 29.0 Å². The molecule has 1 aliphatic heterocycles. The van der Waals surface area contributed by atoms with E-state index >= 15 is 0 Å². The lowest BCUT2D eigenvalue weighted by molar-refractivity contribution is 0.761. The topological polar surface area (TPSA) is 12.0 Å². The molecule has 1 aromatic carbocycles. The van der Waals surface area contributed by atoms with Crippen LogP contribution in [0.4, 0.5) is 0 Å². The molecule has 0 aliphatic carbocycles. The van der Waals surface area contributed by atoms with E-state index in [1.807, 2.05) is 0 Å². The second-order valence-corrected chi connectivity index (χ2v) is 4.99. The number of hydrogen-bond acceptors (Lipinski definition) is 1. The Balaban J connectivity index is 2.34. The van der Waals surface area contributed by atoms with Crippen molar-refractivity contribution in [2.24, 2.45) is 0 Å². The molecule has 1 unspecified atom stereocenters. The molecule has 14 heavy (non-hydrogen) atoms. The molecule has 76 valence electrons. The van der Waals surface area contributed by atoms with Crippen molar-refractivity contribution in [3.05, 3.63) is 33.3 Å². The van der Waals surface area contributed by atoms with E-state index in [1.165, 1.54) is 27.6 Å². The highest BCUT2D eigenvalue weighted by Gasteiger charge is 2.17. The maximum absolute atomic E-state index is 3.62. The number of benzene rings is 1. The number of aryl methyl sites for hydroxylation is 1. The van der Waals surface area contributed by atoms with Gasteiger partial charge in [-0.2, -0.15) is 0 Å². The van der Waals surface area contributed by atoms with Crippen LogP contribution in [0.3, 0.4) is 0 Å². The number of halogens is 1. The lowest BCUT2D eigenvalue weighted by Gasteiger charge is -2.12. The summed E-state index contributed by atoms with van der Waals surface area (Å²) in [6, 6.07) is 4.61. The number of rotatable bonds is 1. The van der Waals surface area contributed by atoms with Crippen LogP contribution in [0.15, 0.2) is 16.6 Å². The largest absolute Gasteiger partial charge is 0.316 e. The Labute approximate surface area is 94.0 Å². The predicted octanol–water partition coefficient (Wildman–Crippen LogP) is 3.14. The van der Waals surface area contributed by atoms with E-state index in [0.29, 0.717) is 5.92 Å². The molecule has 0 bridgehead atoms. The molecule has 0 saturated carbocycles. The fraction of sp³-hybridized carbons (Fsp3) is 0.500. The molecule has 1 nitrogen and oxygen atoms in total. The standard InChI is InChI=1S/C12H16BrN/c1-8-5-11(6-12(13)9(8)2)10-3-4-14-7-10/h5-6,10,14H,3-4,7H2,1-2H3. The molecule has 0 aromatic heterocycles. The van der Waals surface area contributed by atoms with Crippen LogP contribution in [-0.4, -0.2) is 13.1 Å². The highest BCUT2D eigenvalue weighted by atomic mass is 79.9. The summed E-state index contributed by atoms with van der Waals surface area (Å²) in [7, 11) is 0. The number of hydrogen-bond donors (Lipinski definition) is 1. The summed E-state index contributed by atoms with van der Waals surface area (Å²) in [6.07, 6.45) is 1.27. The third-order valence-electron chi connectivity index (χ3n) is 3.16. The van der Waals surface area contributed by atoms with Gasteiger partial charge in [-0.3, -0.25) is 0 Å². The Bertz CT molecular complexity index is 317. The van der Waals surface area contributed by atoms with Gasteiger partial charge in [0.1, 0.15) is 0 Å². The molecular formula is C12H16BrN. The van der Waals surface area contributed by atoms with Crippen molar-refractivity contribution in [3.63, 3.8) is 0 Å². The summed E-state index contributed by atoms with van der Waals surface area (Å²) >= 11 is 3.62. The van der Waals surface area contributed by atoms with Gasteiger partial charge in [-0.1, -0.05) is 22.0 Å². The average molecular weight is 254 g/mol. The van der Waals surface area contributed by atoms with Crippen LogP contribution in [-0.2, 0) is 0 Å². The molecule has 1 aromatic rings. The Morgan fingerprint density at radius 1 is 1.36 bits per heavy atom. The van der Waals surface area contributed by atoms with Crippen molar-refractivity contribution in [3.8, 4) is 0 Å². The normalized spacial score (nSPS) is 21.5. The van der Waals surface area contributed by atoms with E-state index in [0.717, 1.165) is 13.1 Å². The maximum Gasteiger partial charge on any atom is 0.0209 e. The van der Waals surface area contributed by atoms with Crippen molar-refractivity contribution in [1.82, 2.24) is 5.32 Å². The van der Waals surface area contributed by atoms with E-state index in [9.17, 15) is 0 Å². The molecule has 1 aliphatic rings. The summed E-state index contributed by atoms with van der Waals surface area (Å²) in [5, 5.41) is 3.41. The molecule has 2 heteroatoms. The molecule has 0 radical (unpaired) electrons.